The number of anilines is 1. The highest BCUT2D eigenvalue weighted by Crippen LogP contribution is 2.28. The van der Waals surface area contributed by atoms with E-state index in [0.717, 1.165) is 28.2 Å². The summed E-state index contributed by atoms with van der Waals surface area (Å²) in [6, 6.07) is 15.7. The van der Waals surface area contributed by atoms with Crippen LogP contribution in [0.4, 0.5) is 11.4 Å². The lowest BCUT2D eigenvalue weighted by Gasteiger charge is -2.04. The molecule has 1 heterocycles. The van der Waals surface area contributed by atoms with Gasteiger partial charge in [-0.15, -0.1) is 0 Å². The summed E-state index contributed by atoms with van der Waals surface area (Å²) >= 11 is 0. The van der Waals surface area contributed by atoms with Gasteiger partial charge in [0.2, 0.25) is 5.91 Å². The van der Waals surface area contributed by atoms with Crippen molar-refractivity contribution >= 4 is 23.0 Å². The zero-order valence-corrected chi connectivity index (χ0v) is 10.7. The minimum Gasteiger partial charge on any atom is -0.324 e. The Balaban J connectivity index is 2.11. The largest absolute Gasteiger partial charge is 0.324 e. The molecule has 0 saturated heterocycles. The van der Waals surface area contributed by atoms with Gasteiger partial charge in [-0.2, -0.15) is 0 Å². The van der Waals surface area contributed by atoms with Crippen LogP contribution < -0.4 is 5.32 Å². The molecule has 1 aliphatic rings. The molecular formula is C16H14N2O. The summed E-state index contributed by atoms with van der Waals surface area (Å²) in [4.78, 5) is 16.6. The van der Waals surface area contributed by atoms with Gasteiger partial charge < -0.3 is 5.32 Å². The summed E-state index contributed by atoms with van der Waals surface area (Å²) in [6.07, 6.45) is 0.304. The molecule has 2 aromatic carbocycles. The van der Waals surface area contributed by atoms with E-state index in [1.807, 2.05) is 49.4 Å². The molecule has 19 heavy (non-hydrogen) atoms. The Morgan fingerprint density at radius 1 is 1.11 bits per heavy atom. The van der Waals surface area contributed by atoms with E-state index in [-0.39, 0.29) is 5.91 Å². The number of carbonyl (C=O) groups excluding carboxylic acids is 1. The molecule has 1 aliphatic heterocycles. The maximum Gasteiger partial charge on any atom is 0.230 e. The lowest BCUT2D eigenvalue weighted by molar-refractivity contribution is -0.115. The van der Waals surface area contributed by atoms with Crippen LogP contribution in [0, 0.1) is 6.92 Å². The van der Waals surface area contributed by atoms with Crippen molar-refractivity contribution in [1.29, 1.82) is 0 Å². The van der Waals surface area contributed by atoms with Crippen LogP contribution in [0.3, 0.4) is 0 Å². The molecule has 0 unspecified atom stereocenters. The summed E-state index contributed by atoms with van der Waals surface area (Å²) in [5.74, 6) is -0.0230. The first-order valence-electron chi connectivity index (χ1n) is 6.26. The van der Waals surface area contributed by atoms with E-state index in [1.165, 1.54) is 0 Å². The highest BCUT2D eigenvalue weighted by Gasteiger charge is 2.16. The van der Waals surface area contributed by atoms with Crippen molar-refractivity contribution < 1.29 is 4.79 Å². The molecule has 0 bridgehead atoms. The van der Waals surface area contributed by atoms with Gasteiger partial charge in [0.1, 0.15) is 0 Å². The smallest absolute Gasteiger partial charge is 0.230 e. The highest BCUT2D eigenvalue weighted by atomic mass is 16.1. The van der Waals surface area contributed by atoms with Gasteiger partial charge >= 0.3 is 0 Å². The minimum absolute atomic E-state index is 0.0230. The number of hydrogen-bond acceptors (Lipinski definition) is 2. The number of benzene rings is 2. The third kappa shape index (κ3) is 2.40. The quantitative estimate of drug-likeness (QED) is 0.827. The van der Waals surface area contributed by atoms with Gasteiger partial charge in [0.15, 0.2) is 0 Å². The van der Waals surface area contributed by atoms with Crippen LogP contribution in [0.25, 0.3) is 0 Å². The second-order valence-corrected chi connectivity index (χ2v) is 4.67. The van der Waals surface area contributed by atoms with Crippen molar-refractivity contribution in [2.24, 2.45) is 4.99 Å². The van der Waals surface area contributed by atoms with Gasteiger partial charge in [-0.05, 0) is 24.6 Å². The molecule has 2 aromatic rings. The molecule has 0 aromatic heterocycles. The summed E-state index contributed by atoms with van der Waals surface area (Å²) in [6.45, 7) is 2.04. The van der Waals surface area contributed by atoms with E-state index < -0.39 is 0 Å². The Hall–Kier alpha value is -2.42. The van der Waals surface area contributed by atoms with Gasteiger partial charge in [0.05, 0.1) is 23.5 Å². The van der Waals surface area contributed by atoms with Crippen molar-refractivity contribution in [3.63, 3.8) is 0 Å². The molecule has 0 radical (unpaired) electrons. The third-order valence-corrected chi connectivity index (χ3v) is 3.11. The third-order valence-electron chi connectivity index (χ3n) is 3.11. The van der Waals surface area contributed by atoms with E-state index in [1.54, 1.807) is 0 Å². The van der Waals surface area contributed by atoms with Crippen molar-refractivity contribution in [2.45, 2.75) is 13.3 Å². The predicted octanol–water partition coefficient (Wildman–Crippen LogP) is 3.46. The second kappa shape index (κ2) is 4.69. The van der Waals surface area contributed by atoms with Crippen molar-refractivity contribution in [2.75, 3.05) is 5.32 Å². The fourth-order valence-electron chi connectivity index (χ4n) is 2.20. The van der Waals surface area contributed by atoms with Crippen LogP contribution in [-0.2, 0) is 4.79 Å². The fraction of sp³-hybridized carbons (Fsp3) is 0.125. The number of nitrogens with one attached hydrogen (secondary N) is 1. The highest BCUT2D eigenvalue weighted by molar-refractivity contribution is 6.16. The van der Waals surface area contributed by atoms with Crippen LogP contribution in [-0.4, -0.2) is 11.6 Å². The van der Waals surface area contributed by atoms with Gasteiger partial charge in [0, 0.05) is 0 Å². The molecule has 0 saturated carbocycles. The zero-order chi connectivity index (χ0) is 13.2. The van der Waals surface area contributed by atoms with E-state index in [2.05, 4.69) is 16.4 Å². The molecule has 3 heteroatoms. The van der Waals surface area contributed by atoms with Gasteiger partial charge in [-0.25, -0.2) is 0 Å². The summed E-state index contributed by atoms with van der Waals surface area (Å²) in [5, 5.41) is 2.88. The standard InChI is InChI=1S/C16H14N2O/c1-11-5-4-6-12(9-11)15-10-16(19)18-14-8-3-2-7-13(14)17-15/h2-9H,10H2,1H3,(H,18,19). The number of nitrogens with zero attached hydrogens (tertiary/aromatic N) is 1. The number of carbonyl (C=O) groups is 1. The Bertz CT molecular complexity index is 674. The summed E-state index contributed by atoms with van der Waals surface area (Å²) in [5.41, 5.74) is 4.57. The first-order valence-corrected chi connectivity index (χ1v) is 6.26. The second-order valence-electron chi connectivity index (χ2n) is 4.67. The molecule has 0 atom stereocenters. The lowest BCUT2D eigenvalue weighted by atomic mass is 10.0. The number of fused-ring (bicyclic) bond motifs is 1. The Morgan fingerprint density at radius 2 is 1.95 bits per heavy atom. The molecule has 1 amide bonds. The van der Waals surface area contributed by atoms with Gasteiger partial charge in [-0.3, -0.25) is 9.79 Å². The molecule has 0 spiro atoms. The number of rotatable bonds is 1. The maximum absolute atomic E-state index is 11.9. The first-order chi connectivity index (χ1) is 9.22. The minimum atomic E-state index is -0.0230. The SMILES string of the molecule is Cc1cccc(C2=Nc3ccccc3NC(=O)C2)c1. The van der Waals surface area contributed by atoms with E-state index in [4.69, 9.17) is 0 Å². The van der Waals surface area contributed by atoms with Crippen LogP contribution in [0.15, 0.2) is 53.5 Å². The van der Waals surface area contributed by atoms with Crippen LogP contribution in [0.1, 0.15) is 17.5 Å². The lowest BCUT2D eigenvalue weighted by Crippen LogP contribution is -2.14. The molecule has 0 fully saturated rings. The monoisotopic (exact) mass is 250 g/mol. The number of aryl methyl sites for hydroxylation is 1. The van der Waals surface area contributed by atoms with E-state index in [0.29, 0.717) is 6.42 Å². The number of amides is 1. The average Bonchev–Trinajstić information content (AvgIpc) is 2.56. The van der Waals surface area contributed by atoms with Crippen molar-refractivity contribution in [3.8, 4) is 0 Å². The molecule has 0 aliphatic carbocycles. The average molecular weight is 250 g/mol. The molecule has 3 nitrogen and oxygen atoms in total. The predicted molar refractivity (Wildman–Crippen MR) is 77.1 cm³/mol. The molecule has 1 N–H and O–H groups in total. The Labute approximate surface area is 112 Å². The van der Waals surface area contributed by atoms with Crippen LogP contribution >= 0.6 is 0 Å². The topological polar surface area (TPSA) is 41.5 Å². The zero-order valence-electron chi connectivity index (χ0n) is 10.7. The Kier molecular flexibility index (Phi) is 2.88. The summed E-state index contributed by atoms with van der Waals surface area (Å²) in [7, 11) is 0. The Morgan fingerprint density at radius 3 is 2.79 bits per heavy atom. The maximum atomic E-state index is 11.9. The number of hydrogen-bond donors (Lipinski definition) is 1. The molecular weight excluding hydrogens is 236 g/mol. The van der Waals surface area contributed by atoms with Gasteiger partial charge in [-0.1, -0.05) is 42.0 Å². The summed E-state index contributed by atoms with van der Waals surface area (Å²) < 4.78 is 0. The molecule has 94 valence electrons. The molecule has 3 rings (SSSR count). The van der Waals surface area contributed by atoms with Crippen molar-refractivity contribution in [1.82, 2.24) is 0 Å². The fourth-order valence-corrected chi connectivity index (χ4v) is 2.20. The number of para-hydroxylation sites is 2. The first kappa shape index (κ1) is 11.7. The van der Waals surface area contributed by atoms with Crippen molar-refractivity contribution in [3.05, 3.63) is 59.7 Å². The van der Waals surface area contributed by atoms with Crippen LogP contribution in [0.5, 0.6) is 0 Å². The normalized spacial score (nSPS) is 14.2. The van der Waals surface area contributed by atoms with Crippen LogP contribution in [0.2, 0.25) is 0 Å². The number of aliphatic imine (C=N–C) groups is 1. The van der Waals surface area contributed by atoms with E-state index >= 15 is 0 Å². The van der Waals surface area contributed by atoms with E-state index in [9.17, 15) is 4.79 Å². The van der Waals surface area contributed by atoms with Gasteiger partial charge in [0.25, 0.3) is 0 Å².